The summed E-state index contributed by atoms with van der Waals surface area (Å²) in [6.45, 7) is 0.138. The van der Waals surface area contributed by atoms with Crippen LogP contribution in [0.2, 0.25) is 5.02 Å². The lowest BCUT2D eigenvalue weighted by Crippen LogP contribution is -2.37. The lowest BCUT2D eigenvalue weighted by molar-refractivity contribution is -0.139. The highest BCUT2D eigenvalue weighted by Crippen LogP contribution is 2.22. The number of hydrazone groups is 1. The Morgan fingerprint density at radius 2 is 1.88 bits per heavy atom. The van der Waals surface area contributed by atoms with E-state index in [0.29, 0.717) is 27.6 Å². The van der Waals surface area contributed by atoms with Crippen molar-refractivity contribution in [1.29, 1.82) is 0 Å². The third-order valence-electron chi connectivity index (χ3n) is 3.41. The maximum absolute atomic E-state index is 11.8. The Hall–Kier alpha value is -3.06. The van der Waals surface area contributed by atoms with E-state index in [1.807, 2.05) is 0 Å². The highest BCUT2D eigenvalue weighted by atomic mass is 35.5. The molecule has 0 heterocycles. The summed E-state index contributed by atoms with van der Waals surface area (Å²) in [5.74, 6) is -0.558. The summed E-state index contributed by atoms with van der Waals surface area (Å²) in [7, 11) is 3.05. The Morgan fingerprint density at radius 1 is 1.12 bits per heavy atom. The summed E-state index contributed by atoms with van der Waals surface area (Å²) in [6, 6.07) is 12.2. The van der Waals surface area contributed by atoms with Crippen LogP contribution in [0.3, 0.4) is 0 Å². The molecule has 2 aromatic carbocycles. The van der Waals surface area contributed by atoms with Crippen molar-refractivity contribution in [2.45, 2.75) is 6.54 Å². The van der Waals surface area contributed by atoms with Gasteiger partial charge < -0.3 is 14.8 Å². The molecule has 2 N–H and O–H groups in total. The molecule has 0 atom stereocenters. The van der Waals surface area contributed by atoms with Gasteiger partial charge in [-0.25, -0.2) is 5.43 Å². The average molecular weight is 376 g/mol. The van der Waals surface area contributed by atoms with Crippen LogP contribution in [0.4, 0.5) is 0 Å². The Balaban J connectivity index is 1.92. The van der Waals surface area contributed by atoms with E-state index in [0.717, 1.165) is 0 Å². The number of methoxy groups -OCH3 is 2. The minimum Gasteiger partial charge on any atom is -0.497 e. The first-order valence-electron chi connectivity index (χ1n) is 7.61. The maximum atomic E-state index is 11.8. The van der Waals surface area contributed by atoms with Crippen molar-refractivity contribution in [3.63, 3.8) is 0 Å². The summed E-state index contributed by atoms with van der Waals surface area (Å²) in [4.78, 5) is 23.6. The molecule has 0 bridgehead atoms. The minimum atomic E-state index is -0.893. The first-order valence-corrected chi connectivity index (χ1v) is 7.99. The second-order valence-electron chi connectivity index (χ2n) is 5.08. The summed E-state index contributed by atoms with van der Waals surface area (Å²) in [6.07, 6.45) is 1.36. The van der Waals surface area contributed by atoms with Crippen LogP contribution in [0.25, 0.3) is 0 Å². The minimum absolute atomic E-state index is 0.138. The Labute approximate surface area is 155 Å². The van der Waals surface area contributed by atoms with Gasteiger partial charge in [0.1, 0.15) is 11.5 Å². The average Bonchev–Trinajstić information content (AvgIpc) is 2.66. The molecule has 0 radical (unpaired) electrons. The van der Waals surface area contributed by atoms with Crippen LogP contribution in [-0.4, -0.2) is 32.2 Å². The molecule has 7 nitrogen and oxygen atoms in total. The Morgan fingerprint density at radius 3 is 2.58 bits per heavy atom. The second kappa shape index (κ2) is 9.43. The van der Waals surface area contributed by atoms with Crippen molar-refractivity contribution in [3.8, 4) is 11.5 Å². The van der Waals surface area contributed by atoms with Gasteiger partial charge in [0.05, 0.1) is 20.4 Å². The molecule has 0 saturated carbocycles. The van der Waals surface area contributed by atoms with E-state index in [4.69, 9.17) is 21.1 Å². The monoisotopic (exact) mass is 375 g/mol. The van der Waals surface area contributed by atoms with E-state index in [-0.39, 0.29) is 6.54 Å². The van der Waals surface area contributed by atoms with Gasteiger partial charge in [0.15, 0.2) is 0 Å². The normalized spacial score (nSPS) is 10.4. The molecule has 8 heteroatoms. The summed E-state index contributed by atoms with van der Waals surface area (Å²) in [5, 5.41) is 6.76. The number of hydrogen-bond donors (Lipinski definition) is 2. The molecule has 0 saturated heterocycles. The van der Waals surface area contributed by atoms with Crippen molar-refractivity contribution in [2.75, 3.05) is 14.2 Å². The van der Waals surface area contributed by atoms with Crippen molar-refractivity contribution in [1.82, 2.24) is 10.7 Å². The summed E-state index contributed by atoms with van der Waals surface area (Å²) < 4.78 is 10.3. The third-order valence-corrected chi connectivity index (χ3v) is 3.78. The van der Waals surface area contributed by atoms with Crippen molar-refractivity contribution in [3.05, 3.63) is 58.6 Å². The van der Waals surface area contributed by atoms with Gasteiger partial charge in [-0.05, 0) is 29.8 Å². The van der Waals surface area contributed by atoms with Crippen LogP contribution in [0.1, 0.15) is 11.1 Å². The number of carbonyl (C=O) groups excluding carboxylic acids is 2. The fourth-order valence-corrected chi connectivity index (χ4v) is 2.25. The summed E-state index contributed by atoms with van der Waals surface area (Å²) in [5.41, 5.74) is 3.45. The van der Waals surface area contributed by atoms with Crippen LogP contribution in [0, 0.1) is 0 Å². The molecule has 2 aromatic rings. The van der Waals surface area contributed by atoms with E-state index in [1.54, 1.807) is 42.5 Å². The quantitative estimate of drug-likeness (QED) is 0.460. The van der Waals surface area contributed by atoms with Gasteiger partial charge in [-0.15, -0.1) is 0 Å². The number of halogens is 1. The van der Waals surface area contributed by atoms with Gasteiger partial charge in [-0.1, -0.05) is 29.8 Å². The lowest BCUT2D eigenvalue weighted by atomic mass is 10.2. The van der Waals surface area contributed by atoms with Crippen LogP contribution >= 0.6 is 11.6 Å². The fraction of sp³-hybridized carbons (Fsp3) is 0.167. The SMILES string of the molecule is COc1ccc(OC)c(/C=N\NC(=O)C(=O)NCc2ccccc2Cl)c1. The van der Waals surface area contributed by atoms with Crippen molar-refractivity contribution in [2.24, 2.45) is 5.10 Å². The Bertz CT molecular complexity index is 824. The molecule has 2 rings (SSSR count). The third kappa shape index (κ3) is 5.22. The summed E-state index contributed by atoms with van der Waals surface area (Å²) >= 11 is 5.99. The zero-order valence-electron chi connectivity index (χ0n) is 14.3. The van der Waals surface area contributed by atoms with Gasteiger partial charge in [0, 0.05) is 17.1 Å². The molecule has 0 aliphatic heterocycles. The van der Waals surface area contributed by atoms with Crippen LogP contribution < -0.4 is 20.2 Å². The molecule has 2 amide bonds. The molecule has 0 spiro atoms. The number of benzene rings is 2. The van der Waals surface area contributed by atoms with E-state index in [1.165, 1.54) is 20.4 Å². The van der Waals surface area contributed by atoms with Gasteiger partial charge >= 0.3 is 11.8 Å². The number of ether oxygens (including phenoxy) is 2. The number of rotatable bonds is 6. The molecular weight excluding hydrogens is 358 g/mol. The number of amides is 2. The van der Waals surface area contributed by atoms with E-state index < -0.39 is 11.8 Å². The molecule has 0 fully saturated rings. The molecule has 0 unspecified atom stereocenters. The first-order chi connectivity index (χ1) is 12.5. The first kappa shape index (κ1) is 19.3. The zero-order valence-corrected chi connectivity index (χ0v) is 15.0. The lowest BCUT2D eigenvalue weighted by Gasteiger charge is -2.07. The van der Waals surface area contributed by atoms with Gasteiger partial charge in [-0.3, -0.25) is 9.59 Å². The number of carbonyl (C=O) groups is 2. The zero-order chi connectivity index (χ0) is 18.9. The Kier molecular flexibility index (Phi) is 6.99. The maximum Gasteiger partial charge on any atom is 0.329 e. The van der Waals surface area contributed by atoms with Crippen molar-refractivity contribution >= 4 is 29.6 Å². The highest BCUT2D eigenvalue weighted by Gasteiger charge is 2.13. The van der Waals surface area contributed by atoms with Gasteiger partial charge in [0.2, 0.25) is 0 Å². The van der Waals surface area contributed by atoms with Crippen molar-refractivity contribution < 1.29 is 19.1 Å². The van der Waals surface area contributed by atoms with E-state index >= 15 is 0 Å². The van der Waals surface area contributed by atoms with Crippen LogP contribution in [-0.2, 0) is 16.1 Å². The number of hydrogen-bond acceptors (Lipinski definition) is 5. The van der Waals surface area contributed by atoms with E-state index in [9.17, 15) is 9.59 Å². The molecule has 0 aliphatic carbocycles. The second-order valence-corrected chi connectivity index (χ2v) is 5.49. The standard InChI is InChI=1S/C18H18ClN3O4/c1-25-14-7-8-16(26-2)13(9-14)11-21-22-18(24)17(23)20-10-12-5-3-4-6-15(12)19/h3-9,11H,10H2,1-2H3,(H,20,23)(H,22,24)/b21-11-. The van der Waals surface area contributed by atoms with Crippen LogP contribution in [0.15, 0.2) is 47.6 Å². The smallest absolute Gasteiger partial charge is 0.329 e. The molecule has 26 heavy (non-hydrogen) atoms. The van der Waals surface area contributed by atoms with Gasteiger partial charge in [-0.2, -0.15) is 5.10 Å². The predicted molar refractivity (Wildman–Crippen MR) is 98.6 cm³/mol. The molecule has 0 aromatic heterocycles. The highest BCUT2D eigenvalue weighted by molar-refractivity contribution is 6.35. The predicted octanol–water partition coefficient (Wildman–Crippen LogP) is 2.12. The molecular formula is C18H18ClN3O4. The topological polar surface area (TPSA) is 89.0 Å². The van der Waals surface area contributed by atoms with E-state index in [2.05, 4.69) is 15.8 Å². The largest absolute Gasteiger partial charge is 0.497 e. The molecule has 0 aliphatic rings. The fourth-order valence-electron chi connectivity index (χ4n) is 2.05. The van der Waals surface area contributed by atoms with Crippen LogP contribution in [0.5, 0.6) is 11.5 Å². The van der Waals surface area contributed by atoms with Gasteiger partial charge in [0.25, 0.3) is 0 Å². The molecule has 136 valence electrons. The number of nitrogens with zero attached hydrogens (tertiary/aromatic N) is 1. The number of nitrogens with one attached hydrogen (secondary N) is 2.